The molecule has 4 nitrogen and oxygen atoms in total. The number of nitrogens with one attached hydrogen (secondary N) is 2. The summed E-state index contributed by atoms with van der Waals surface area (Å²) < 4.78 is 0. The molecule has 0 bridgehead atoms. The largest absolute Gasteiger partial charge is 0.353 e. The molecular weight excluding hydrogens is 238 g/mol. The second kappa shape index (κ2) is 8.54. The van der Waals surface area contributed by atoms with Crippen LogP contribution < -0.4 is 10.6 Å². The van der Waals surface area contributed by atoms with Crippen LogP contribution in [0.3, 0.4) is 0 Å². The molecule has 1 amide bonds. The highest BCUT2D eigenvalue weighted by Gasteiger charge is 2.21. The van der Waals surface area contributed by atoms with Crippen LogP contribution in [0.25, 0.3) is 0 Å². The fraction of sp³-hybridized carbons (Fsp3) is 0.933. The second-order valence-electron chi connectivity index (χ2n) is 6.09. The standard InChI is InChI=1S/C15H31N3O/c1-5-13(4)17-15(19)11-18(12(2)3)10-14-6-8-16-9-7-14/h12-14,16H,5-11H2,1-4H3,(H,17,19). The van der Waals surface area contributed by atoms with Gasteiger partial charge in [-0.25, -0.2) is 0 Å². The number of hydrogen-bond donors (Lipinski definition) is 2. The summed E-state index contributed by atoms with van der Waals surface area (Å²) in [6.45, 7) is 12.3. The zero-order chi connectivity index (χ0) is 14.3. The van der Waals surface area contributed by atoms with E-state index in [0.29, 0.717) is 12.6 Å². The summed E-state index contributed by atoms with van der Waals surface area (Å²) in [7, 11) is 0. The maximum Gasteiger partial charge on any atom is 0.234 e. The Balaban J connectivity index is 2.40. The van der Waals surface area contributed by atoms with E-state index in [1.807, 2.05) is 0 Å². The number of nitrogens with zero attached hydrogens (tertiary/aromatic N) is 1. The van der Waals surface area contributed by atoms with Crippen molar-refractivity contribution in [2.24, 2.45) is 5.92 Å². The monoisotopic (exact) mass is 269 g/mol. The van der Waals surface area contributed by atoms with Crippen LogP contribution in [0, 0.1) is 5.92 Å². The third-order valence-electron chi connectivity index (χ3n) is 4.05. The van der Waals surface area contributed by atoms with Crippen molar-refractivity contribution < 1.29 is 4.79 Å². The van der Waals surface area contributed by atoms with Crippen molar-refractivity contribution in [3.8, 4) is 0 Å². The van der Waals surface area contributed by atoms with E-state index in [9.17, 15) is 4.79 Å². The number of piperidine rings is 1. The van der Waals surface area contributed by atoms with Gasteiger partial charge < -0.3 is 10.6 Å². The van der Waals surface area contributed by atoms with Crippen LogP contribution in [0.15, 0.2) is 0 Å². The first kappa shape index (κ1) is 16.4. The van der Waals surface area contributed by atoms with Crippen LogP contribution in [0.2, 0.25) is 0 Å². The van der Waals surface area contributed by atoms with Gasteiger partial charge in [0.1, 0.15) is 0 Å². The second-order valence-corrected chi connectivity index (χ2v) is 6.09. The number of rotatable bonds is 7. The third kappa shape index (κ3) is 6.39. The quantitative estimate of drug-likeness (QED) is 0.738. The first-order valence-electron chi connectivity index (χ1n) is 7.77. The predicted octanol–water partition coefficient (Wildman–Crippen LogP) is 1.61. The molecule has 0 aliphatic carbocycles. The van der Waals surface area contributed by atoms with E-state index in [0.717, 1.165) is 32.0 Å². The van der Waals surface area contributed by atoms with E-state index in [2.05, 4.69) is 43.2 Å². The van der Waals surface area contributed by atoms with Crippen molar-refractivity contribution >= 4 is 5.91 Å². The Labute approximate surface area is 118 Å². The van der Waals surface area contributed by atoms with Crippen molar-refractivity contribution in [3.05, 3.63) is 0 Å². The summed E-state index contributed by atoms with van der Waals surface area (Å²) in [6.07, 6.45) is 3.45. The Morgan fingerprint density at radius 2 is 1.95 bits per heavy atom. The number of hydrogen-bond acceptors (Lipinski definition) is 3. The summed E-state index contributed by atoms with van der Waals surface area (Å²) in [6, 6.07) is 0.706. The zero-order valence-electron chi connectivity index (χ0n) is 13.0. The molecule has 1 unspecified atom stereocenters. The summed E-state index contributed by atoms with van der Waals surface area (Å²) in [5.74, 6) is 0.900. The summed E-state index contributed by atoms with van der Waals surface area (Å²) in [5.41, 5.74) is 0. The van der Waals surface area contributed by atoms with Gasteiger partial charge in [0.2, 0.25) is 5.91 Å². The molecule has 1 aliphatic heterocycles. The van der Waals surface area contributed by atoms with Gasteiger partial charge in [-0.3, -0.25) is 9.69 Å². The molecule has 1 rings (SSSR count). The highest BCUT2D eigenvalue weighted by molar-refractivity contribution is 5.78. The van der Waals surface area contributed by atoms with Gasteiger partial charge in [-0.1, -0.05) is 6.92 Å². The highest BCUT2D eigenvalue weighted by Crippen LogP contribution is 2.14. The van der Waals surface area contributed by atoms with Crippen molar-refractivity contribution in [1.82, 2.24) is 15.5 Å². The van der Waals surface area contributed by atoms with Gasteiger partial charge in [0.05, 0.1) is 6.54 Å². The molecule has 19 heavy (non-hydrogen) atoms. The maximum absolute atomic E-state index is 12.0. The zero-order valence-corrected chi connectivity index (χ0v) is 13.0. The molecule has 1 aliphatic rings. The average Bonchev–Trinajstić information content (AvgIpc) is 2.38. The van der Waals surface area contributed by atoms with E-state index in [4.69, 9.17) is 0 Å². The predicted molar refractivity (Wildman–Crippen MR) is 80.2 cm³/mol. The average molecular weight is 269 g/mol. The van der Waals surface area contributed by atoms with Gasteiger partial charge >= 0.3 is 0 Å². The van der Waals surface area contributed by atoms with E-state index in [1.54, 1.807) is 0 Å². The van der Waals surface area contributed by atoms with Gasteiger partial charge in [0.15, 0.2) is 0 Å². The smallest absolute Gasteiger partial charge is 0.234 e. The molecule has 0 saturated carbocycles. The number of carbonyl (C=O) groups excluding carboxylic acids is 1. The van der Waals surface area contributed by atoms with Crippen LogP contribution in [0.5, 0.6) is 0 Å². The Morgan fingerprint density at radius 3 is 2.47 bits per heavy atom. The van der Waals surface area contributed by atoms with E-state index < -0.39 is 0 Å². The van der Waals surface area contributed by atoms with E-state index in [1.165, 1.54) is 12.8 Å². The summed E-state index contributed by atoms with van der Waals surface area (Å²) in [4.78, 5) is 14.3. The molecule has 4 heteroatoms. The van der Waals surface area contributed by atoms with Crippen LogP contribution in [0.4, 0.5) is 0 Å². The normalized spacial score (nSPS) is 18.8. The molecule has 2 N–H and O–H groups in total. The molecule has 0 aromatic carbocycles. The fourth-order valence-electron chi connectivity index (χ4n) is 2.46. The Bertz CT molecular complexity index is 262. The van der Waals surface area contributed by atoms with Gasteiger partial charge in [-0.05, 0) is 59.0 Å². The SMILES string of the molecule is CCC(C)NC(=O)CN(CC1CCNCC1)C(C)C. The van der Waals surface area contributed by atoms with Gasteiger partial charge in [-0.2, -0.15) is 0 Å². The maximum atomic E-state index is 12.0. The van der Waals surface area contributed by atoms with Crippen LogP contribution >= 0.6 is 0 Å². The molecule has 0 spiro atoms. The Hall–Kier alpha value is -0.610. The lowest BCUT2D eigenvalue weighted by Crippen LogP contribution is -2.46. The lowest BCUT2D eigenvalue weighted by Gasteiger charge is -2.32. The fourth-order valence-corrected chi connectivity index (χ4v) is 2.46. The Kier molecular flexibility index (Phi) is 7.39. The third-order valence-corrected chi connectivity index (χ3v) is 4.05. The molecule has 1 fully saturated rings. The lowest BCUT2D eigenvalue weighted by atomic mass is 9.97. The minimum atomic E-state index is 0.164. The van der Waals surface area contributed by atoms with Crippen molar-refractivity contribution in [2.75, 3.05) is 26.2 Å². The van der Waals surface area contributed by atoms with Crippen LogP contribution in [0.1, 0.15) is 47.0 Å². The topological polar surface area (TPSA) is 44.4 Å². The summed E-state index contributed by atoms with van der Waals surface area (Å²) in [5, 5.41) is 6.45. The molecule has 1 heterocycles. The molecule has 112 valence electrons. The van der Waals surface area contributed by atoms with Gasteiger partial charge in [-0.15, -0.1) is 0 Å². The summed E-state index contributed by atoms with van der Waals surface area (Å²) >= 11 is 0. The van der Waals surface area contributed by atoms with Gasteiger partial charge in [0, 0.05) is 18.6 Å². The highest BCUT2D eigenvalue weighted by atomic mass is 16.2. The molecule has 0 aromatic rings. The first-order chi connectivity index (χ1) is 9.02. The van der Waals surface area contributed by atoms with E-state index >= 15 is 0 Å². The van der Waals surface area contributed by atoms with Crippen molar-refractivity contribution in [1.29, 1.82) is 0 Å². The minimum absolute atomic E-state index is 0.164. The van der Waals surface area contributed by atoms with Crippen LogP contribution in [-0.4, -0.2) is 49.1 Å². The van der Waals surface area contributed by atoms with E-state index in [-0.39, 0.29) is 11.9 Å². The lowest BCUT2D eigenvalue weighted by molar-refractivity contribution is -0.123. The molecule has 1 atom stereocenters. The minimum Gasteiger partial charge on any atom is -0.353 e. The molecule has 0 aromatic heterocycles. The number of carbonyl (C=O) groups is 1. The Morgan fingerprint density at radius 1 is 1.32 bits per heavy atom. The van der Waals surface area contributed by atoms with Crippen LogP contribution in [-0.2, 0) is 4.79 Å². The van der Waals surface area contributed by atoms with Crippen molar-refractivity contribution in [3.63, 3.8) is 0 Å². The van der Waals surface area contributed by atoms with Gasteiger partial charge in [0.25, 0.3) is 0 Å². The first-order valence-corrected chi connectivity index (χ1v) is 7.77. The molecular formula is C15H31N3O. The number of amides is 1. The van der Waals surface area contributed by atoms with Crippen molar-refractivity contribution in [2.45, 2.75) is 59.0 Å². The molecule has 1 saturated heterocycles. The molecule has 0 radical (unpaired) electrons.